The van der Waals surface area contributed by atoms with Crippen LogP contribution in [-0.2, 0) is 20.1 Å². The highest BCUT2D eigenvalue weighted by Gasteiger charge is 2.17. The van der Waals surface area contributed by atoms with Crippen molar-refractivity contribution in [2.75, 3.05) is 4.90 Å². The molecule has 0 spiro atoms. The monoisotopic (exact) mass is 437 g/mol. The zero-order valence-electron chi connectivity index (χ0n) is 18.5. The topological polar surface area (TPSA) is 77.1 Å². The van der Waals surface area contributed by atoms with Gasteiger partial charge < -0.3 is 9.32 Å². The van der Waals surface area contributed by atoms with Gasteiger partial charge in [-0.05, 0) is 43.3 Å². The van der Waals surface area contributed by atoms with Crippen molar-refractivity contribution in [3.8, 4) is 11.5 Å². The Labute approximate surface area is 191 Å². The Kier molecular flexibility index (Phi) is 5.44. The van der Waals surface area contributed by atoms with E-state index in [1.807, 2.05) is 79.7 Å². The lowest BCUT2D eigenvalue weighted by atomic mass is 10.1. The summed E-state index contributed by atoms with van der Waals surface area (Å²) in [6.45, 7) is 2.82. The van der Waals surface area contributed by atoms with Gasteiger partial charge in [-0.15, -0.1) is 10.2 Å². The molecular weight excluding hydrogens is 414 g/mol. The van der Waals surface area contributed by atoms with Crippen LogP contribution in [0.4, 0.5) is 5.69 Å². The molecule has 3 aromatic carbocycles. The zero-order chi connectivity index (χ0) is 22.8. The van der Waals surface area contributed by atoms with Crippen molar-refractivity contribution in [2.24, 2.45) is 7.05 Å². The molecule has 0 amide bonds. The maximum Gasteiger partial charge on any atom is 0.261 e. The van der Waals surface area contributed by atoms with Crippen LogP contribution in [0.5, 0.6) is 0 Å². The molecule has 5 rings (SSSR count). The molecule has 164 valence electrons. The largest absolute Gasteiger partial charge is 0.419 e. The first-order valence-electron chi connectivity index (χ1n) is 10.7. The van der Waals surface area contributed by atoms with E-state index in [1.165, 1.54) is 5.56 Å². The summed E-state index contributed by atoms with van der Waals surface area (Å²) in [6.07, 6.45) is 0. The zero-order valence-corrected chi connectivity index (χ0v) is 18.5. The molecule has 0 aliphatic rings. The van der Waals surface area contributed by atoms with Gasteiger partial charge in [0.25, 0.3) is 5.56 Å². The number of fused-ring (bicyclic) bond motifs is 1. The average molecular weight is 438 g/mol. The molecule has 0 saturated heterocycles. The third kappa shape index (κ3) is 4.25. The van der Waals surface area contributed by atoms with Gasteiger partial charge in [-0.25, -0.2) is 4.98 Å². The SMILES string of the molecule is Cc1ccc(-c2nnc(CN(Cc3nc4ccccc4c(=O)n3C)c3ccccc3)o2)cc1. The number of aromatic nitrogens is 4. The smallest absolute Gasteiger partial charge is 0.261 e. The summed E-state index contributed by atoms with van der Waals surface area (Å²) in [5.74, 6) is 1.62. The number of benzene rings is 3. The van der Waals surface area contributed by atoms with Crippen LogP contribution in [0.1, 0.15) is 17.3 Å². The second-order valence-corrected chi connectivity index (χ2v) is 7.97. The Morgan fingerprint density at radius 1 is 0.879 bits per heavy atom. The molecule has 0 unspecified atom stereocenters. The predicted octanol–water partition coefficient (Wildman–Crippen LogP) is 4.50. The molecule has 2 aromatic heterocycles. The van der Waals surface area contributed by atoms with Gasteiger partial charge >= 0.3 is 0 Å². The number of para-hydroxylation sites is 2. The van der Waals surface area contributed by atoms with E-state index < -0.39 is 0 Å². The van der Waals surface area contributed by atoms with Gasteiger partial charge in [-0.2, -0.15) is 0 Å². The van der Waals surface area contributed by atoms with Crippen molar-refractivity contribution in [3.05, 3.63) is 106 Å². The second-order valence-electron chi connectivity index (χ2n) is 7.97. The van der Waals surface area contributed by atoms with E-state index in [1.54, 1.807) is 17.7 Å². The number of nitrogens with zero attached hydrogens (tertiary/aromatic N) is 5. The molecule has 0 N–H and O–H groups in total. The molecule has 0 atom stereocenters. The summed E-state index contributed by atoms with van der Waals surface area (Å²) in [5, 5.41) is 9.10. The van der Waals surface area contributed by atoms with E-state index in [9.17, 15) is 4.79 Å². The molecule has 0 bridgehead atoms. The first kappa shape index (κ1) is 20.6. The van der Waals surface area contributed by atoms with E-state index in [4.69, 9.17) is 9.40 Å². The van der Waals surface area contributed by atoms with Crippen LogP contribution in [0.15, 0.2) is 88.1 Å². The molecule has 7 nitrogen and oxygen atoms in total. The number of hydrogen-bond donors (Lipinski definition) is 0. The molecule has 5 aromatic rings. The molecule has 0 saturated carbocycles. The van der Waals surface area contributed by atoms with Crippen LogP contribution in [0.2, 0.25) is 0 Å². The molecule has 33 heavy (non-hydrogen) atoms. The first-order valence-corrected chi connectivity index (χ1v) is 10.7. The molecular formula is C26H23N5O2. The van der Waals surface area contributed by atoms with Crippen molar-refractivity contribution < 1.29 is 4.42 Å². The summed E-state index contributed by atoms with van der Waals surface area (Å²) >= 11 is 0. The Balaban J connectivity index is 1.48. The standard InChI is InChI=1S/C26H23N5O2/c1-18-12-14-19(15-13-18)25-29-28-24(33-25)17-31(20-8-4-3-5-9-20)16-23-27-22-11-7-6-10-21(22)26(32)30(23)2/h3-15H,16-17H2,1-2H3. The first-order chi connectivity index (χ1) is 16.1. The third-order valence-corrected chi connectivity index (χ3v) is 5.62. The van der Waals surface area contributed by atoms with Crippen molar-refractivity contribution in [2.45, 2.75) is 20.0 Å². The van der Waals surface area contributed by atoms with Crippen molar-refractivity contribution in [1.29, 1.82) is 0 Å². The summed E-state index contributed by atoms with van der Waals surface area (Å²) in [5.41, 5.74) is 3.63. The lowest BCUT2D eigenvalue weighted by Crippen LogP contribution is -2.29. The number of anilines is 1. The van der Waals surface area contributed by atoms with E-state index in [-0.39, 0.29) is 5.56 Å². The van der Waals surface area contributed by atoms with Gasteiger partial charge in [0.1, 0.15) is 5.82 Å². The highest BCUT2D eigenvalue weighted by Crippen LogP contribution is 2.22. The van der Waals surface area contributed by atoms with E-state index in [2.05, 4.69) is 15.1 Å². The van der Waals surface area contributed by atoms with Crippen LogP contribution in [0.25, 0.3) is 22.4 Å². The fourth-order valence-electron chi connectivity index (χ4n) is 3.75. The predicted molar refractivity (Wildman–Crippen MR) is 128 cm³/mol. The van der Waals surface area contributed by atoms with Crippen molar-refractivity contribution in [1.82, 2.24) is 19.7 Å². The Morgan fingerprint density at radius 2 is 1.61 bits per heavy atom. The molecule has 0 aliphatic carbocycles. The summed E-state index contributed by atoms with van der Waals surface area (Å²) in [7, 11) is 1.75. The van der Waals surface area contributed by atoms with Gasteiger partial charge in [0, 0.05) is 18.3 Å². The van der Waals surface area contributed by atoms with Crippen LogP contribution >= 0.6 is 0 Å². The highest BCUT2D eigenvalue weighted by molar-refractivity contribution is 5.77. The number of rotatable bonds is 6. The molecule has 0 radical (unpaired) electrons. The summed E-state index contributed by atoms with van der Waals surface area (Å²) in [4.78, 5) is 19.7. The maximum absolute atomic E-state index is 12.9. The van der Waals surface area contributed by atoms with Gasteiger partial charge in [0.2, 0.25) is 11.8 Å². The lowest BCUT2D eigenvalue weighted by molar-refractivity contribution is 0.494. The Bertz CT molecular complexity index is 1460. The van der Waals surface area contributed by atoms with E-state index in [0.717, 1.165) is 11.3 Å². The Morgan fingerprint density at radius 3 is 2.39 bits per heavy atom. The molecule has 0 aliphatic heterocycles. The maximum atomic E-state index is 12.9. The minimum Gasteiger partial charge on any atom is -0.419 e. The van der Waals surface area contributed by atoms with Gasteiger partial charge in [-0.3, -0.25) is 9.36 Å². The molecule has 2 heterocycles. The van der Waals surface area contributed by atoms with Gasteiger partial charge in [0.15, 0.2) is 0 Å². The lowest BCUT2D eigenvalue weighted by Gasteiger charge is -2.24. The summed E-state index contributed by atoms with van der Waals surface area (Å²) in [6, 6.07) is 25.3. The third-order valence-electron chi connectivity index (χ3n) is 5.62. The van der Waals surface area contributed by atoms with Crippen molar-refractivity contribution >= 4 is 16.6 Å². The molecule has 0 fully saturated rings. The van der Waals surface area contributed by atoms with E-state index in [0.29, 0.717) is 41.6 Å². The number of hydrogen-bond acceptors (Lipinski definition) is 6. The fraction of sp³-hybridized carbons (Fsp3) is 0.154. The van der Waals surface area contributed by atoms with Gasteiger partial charge in [0.05, 0.1) is 24.0 Å². The van der Waals surface area contributed by atoms with Gasteiger partial charge in [-0.1, -0.05) is 48.0 Å². The summed E-state index contributed by atoms with van der Waals surface area (Å²) < 4.78 is 7.57. The fourth-order valence-corrected chi connectivity index (χ4v) is 3.75. The quantitative estimate of drug-likeness (QED) is 0.389. The normalized spacial score (nSPS) is 11.1. The minimum absolute atomic E-state index is 0.0666. The van der Waals surface area contributed by atoms with Crippen LogP contribution in [0, 0.1) is 6.92 Å². The molecule has 7 heteroatoms. The second kappa shape index (κ2) is 8.70. The average Bonchev–Trinajstić information content (AvgIpc) is 3.31. The van der Waals surface area contributed by atoms with E-state index >= 15 is 0 Å². The van der Waals surface area contributed by atoms with Crippen LogP contribution < -0.4 is 10.5 Å². The number of aryl methyl sites for hydroxylation is 1. The minimum atomic E-state index is -0.0666. The van der Waals surface area contributed by atoms with Crippen LogP contribution in [-0.4, -0.2) is 19.7 Å². The highest BCUT2D eigenvalue weighted by atomic mass is 16.4. The Hall–Kier alpha value is -4.26. The van der Waals surface area contributed by atoms with Crippen molar-refractivity contribution in [3.63, 3.8) is 0 Å². The van der Waals surface area contributed by atoms with Crippen LogP contribution in [0.3, 0.4) is 0 Å².